The van der Waals surface area contributed by atoms with E-state index in [1.54, 1.807) is 0 Å². The molecule has 1 aliphatic rings. The number of hydrogen-bond donors (Lipinski definition) is 2. The number of nitrogens with one attached hydrogen (secondary N) is 1. The summed E-state index contributed by atoms with van der Waals surface area (Å²) in [6, 6.07) is 0. The predicted molar refractivity (Wildman–Crippen MR) is 84.4 cm³/mol. The van der Waals surface area contributed by atoms with E-state index >= 15 is 0 Å². The van der Waals surface area contributed by atoms with Crippen LogP contribution in [0, 0.1) is 11.8 Å². The van der Waals surface area contributed by atoms with Crippen molar-refractivity contribution < 1.29 is 0 Å². The van der Waals surface area contributed by atoms with Crippen LogP contribution in [-0.4, -0.2) is 43.2 Å². The van der Waals surface area contributed by atoms with Gasteiger partial charge < -0.3 is 16.0 Å². The third kappa shape index (κ3) is 5.05. The summed E-state index contributed by atoms with van der Waals surface area (Å²) >= 11 is 0. The van der Waals surface area contributed by atoms with E-state index in [0.717, 1.165) is 44.6 Å². The predicted octanol–water partition coefficient (Wildman–Crippen LogP) is 2.46. The fraction of sp³-hybridized carbons (Fsp3) is 1.00. The molecule has 0 aromatic carbocycles. The molecule has 0 spiro atoms. The largest absolute Gasteiger partial charge is 0.329 e. The van der Waals surface area contributed by atoms with Crippen LogP contribution in [0.1, 0.15) is 53.4 Å². The summed E-state index contributed by atoms with van der Waals surface area (Å²) < 4.78 is 0. The van der Waals surface area contributed by atoms with Crippen molar-refractivity contribution in [2.45, 2.75) is 58.9 Å². The van der Waals surface area contributed by atoms with Crippen LogP contribution in [0.5, 0.6) is 0 Å². The highest BCUT2D eigenvalue weighted by Gasteiger charge is 2.35. The van der Waals surface area contributed by atoms with E-state index in [0.29, 0.717) is 0 Å². The van der Waals surface area contributed by atoms with Crippen LogP contribution in [-0.2, 0) is 0 Å². The zero-order valence-corrected chi connectivity index (χ0v) is 13.5. The molecule has 1 rings (SSSR count). The topological polar surface area (TPSA) is 41.3 Å². The highest BCUT2D eigenvalue weighted by molar-refractivity contribution is 4.95. The molecule has 2 atom stereocenters. The molecule has 0 aromatic rings. The number of nitrogens with two attached hydrogens (primary N) is 1. The molecular formula is C16H35N3. The second-order valence-corrected chi connectivity index (χ2v) is 6.54. The lowest BCUT2D eigenvalue weighted by atomic mass is 9.71. The minimum Gasteiger partial charge on any atom is -0.329 e. The van der Waals surface area contributed by atoms with Gasteiger partial charge in [-0.05, 0) is 37.8 Å². The molecule has 3 heteroatoms. The Labute approximate surface area is 120 Å². The van der Waals surface area contributed by atoms with Crippen LogP contribution in [0.2, 0.25) is 0 Å². The smallest absolute Gasteiger partial charge is 0.0307 e. The van der Waals surface area contributed by atoms with Gasteiger partial charge in [-0.3, -0.25) is 0 Å². The van der Waals surface area contributed by atoms with Gasteiger partial charge in [0.05, 0.1) is 0 Å². The number of likely N-dealkylation sites (N-methyl/N-ethyl adjacent to an activating group) is 1. The van der Waals surface area contributed by atoms with Gasteiger partial charge in [-0.2, -0.15) is 0 Å². The van der Waals surface area contributed by atoms with Crippen LogP contribution >= 0.6 is 0 Å². The second-order valence-electron chi connectivity index (χ2n) is 6.54. The van der Waals surface area contributed by atoms with E-state index in [2.05, 4.69) is 37.9 Å². The molecule has 1 aliphatic carbocycles. The molecule has 0 heterocycles. The summed E-state index contributed by atoms with van der Waals surface area (Å²) in [5.74, 6) is 1.63. The SMILES string of the molecule is CCN(CC)CCNC1(CN)CCCC(C(C)C)C1. The van der Waals surface area contributed by atoms with Gasteiger partial charge in [0.1, 0.15) is 0 Å². The standard InChI is InChI=1S/C16H35N3/c1-5-19(6-2)11-10-18-16(13-17)9-7-8-15(12-16)14(3)4/h14-15,18H,5-13,17H2,1-4H3. The minimum absolute atomic E-state index is 0.209. The molecule has 0 amide bonds. The van der Waals surface area contributed by atoms with Gasteiger partial charge in [0.25, 0.3) is 0 Å². The first kappa shape index (κ1) is 16.9. The molecule has 0 aromatic heterocycles. The molecule has 0 radical (unpaired) electrons. The Morgan fingerprint density at radius 1 is 1.32 bits per heavy atom. The van der Waals surface area contributed by atoms with Gasteiger partial charge in [-0.25, -0.2) is 0 Å². The maximum absolute atomic E-state index is 6.11. The molecule has 1 fully saturated rings. The van der Waals surface area contributed by atoms with Crippen LogP contribution in [0.25, 0.3) is 0 Å². The first-order chi connectivity index (χ1) is 9.06. The molecule has 2 unspecified atom stereocenters. The van der Waals surface area contributed by atoms with Crippen molar-refractivity contribution in [3.63, 3.8) is 0 Å². The van der Waals surface area contributed by atoms with Gasteiger partial charge in [0, 0.05) is 25.2 Å². The Balaban J connectivity index is 2.46. The lowest BCUT2D eigenvalue weighted by Gasteiger charge is -2.43. The summed E-state index contributed by atoms with van der Waals surface area (Å²) in [5.41, 5.74) is 6.32. The summed E-state index contributed by atoms with van der Waals surface area (Å²) in [5, 5.41) is 3.80. The summed E-state index contributed by atoms with van der Waals surface area (Å²) in [6.45, 7) is 14.5. The Bertz CT molecular complexity index is 238. The maximum atomic E-state index is 6.11. The number of nitrogens with zero attached hydrogens (tertiary/aromatic N) is 1. The van der Waals surface area contributed by atoms with Gasteiger partial charge >= 0.3 is 0 Å². The summed E-state index contributed by atoms with van der Waals surface area (Å²) in [6.07, 6.45) is 5.24. The molecule has 3 N–H and O–H groups in total. The molecule has 114 valence electrons. The Morgan fingerprint density at radius 3 is 2.53 bits per heavy atom. The molecule has 1 saturated carbocycles. The third-order valence-corrected chi connectivity index (χ3v) is 5.04. The van der Waals surface area contributed by atoms with E-state index in [1.807, 2.05) is 0 Å². The zero-order valence-electron chi connectivity index (χ0n) is 13.5. The van der Waals surface area contributed by atoms with E-state index in [9.17, 15) is 0 Å². The Hall–Kier alpha value is -0.120. The van der Waals surface area contributed by atoms with E-state index in [1.165, 1.54) is 25.7 Å². The highest BCUT2D eigenvalue weighted by atomic mass is 15.1. The second kappa shape index (κ2) is 8.23. The lowest BCUT2D eigenvalue weighted by molar-refractivity contribution is 0.148. The van der Waals surface area contributed by atoms with E-state index < -0.39 is 0 Å². The number of rotatable bonds is 8. The quantitative estimate of drug-likeness (QED) is 0.711. The highest BCUT2D eigenvalue weighted by Crippen LogP contribution is 2.35. The normalized spacial score (nSPS) is 28.3. The Morgan fingerprint density at radius 2 is 2.00 bits per heavy atom. The van der Waals surface area contributed by atoms with Crippen molar-refractivity contribution in [3.05, 3.63) is 0 Å². The number of hydrogen-bond acceptors (Lipinski definition) is 3. The van der Waals surface area contributed by atoms with Crippen LogP contribution in [0.4, 0.5) is 0 Å². The minimum atomic E-state index is 0.209. The van der Waals surface area contributed by atoms with E-state index in [4.69, 9.17) is 5.73 Å². The third-order valence-electron chi connectivity index (χ3n) is 5.04. The molecular weight excluding hydrogens is 234 g/mol. The van der Waals surface area contributed by atoms with Crippen molar-refractivity contribution in [2.24, 2.45) is 17.6 Å². The van der Waals surface area contributed by atoms with Crippen molar-refractivity contribution in [2.75, 3.05) is 32.7 Å². The van der Waals surface area contributed by atoms with Crippen molar-refractivity contribution >= 4 is 0 Å². The van der Waals surface area contributed by atoms with Gasteiger partial charge in [-0.1, -0.05) is 40.5 Å². The fourth-order valence-corrected chi connectivity index (χ4v) is 3.41. The molecule has 0 bridgehead atoms. The Kier molecular flexibility index (Phi) is 7.33. The molecule has 19 heavy (non-hydrogen) atoms. The monoisotopic (exact) mass is 269 g/mol. The van der Waals surface area contributed by atoms with E-state index in [-0.39, 0.29) is 5.54 Å². The maximum Gasteiger partial charge on any atom is 0.0307 e. The zero-order chi connectivity index (χ0) is 14.3. The van der Waals surface area contributed by atoms with Crippen molar-refractivity contribution in [3.8, 4) is 0 Å². The molecule has 3 nitrogen and oxygen atoms in total. The van der Waals surface area contributed by atoms with Gasteiger partial charge in [-0.15, -0.1) is 0 Å². The van der Waals surface area contributed by atoms with Gasteiger partial charge in [0.2, 0.25) is 0 Å². The van der Waals surface area contributed by atoms with Crippen molar-refractivity contribution in [1.82, 2.24) is 10.2 Å². The first-order valence-corrected chi connectivity index (χ1v) is 8.24. The summed E-state index contributed by atoms with van der Waals surface area (Å²) in [7, 11) is 0. The first-order valence-electron chi connectivity index (χ1n) is 8.24. The van der Waals surface area contributed by atoms with Crippen LogP contribution in [0.15, 0.2) is 0 Å². The van der Waals surface area contributed by atoms with Crippen LogP contribution in [0.3, 0.4) is 0 Å². The van der Waals surface area contributed by atoms with Gasteiger partial charge in [0.15, 0.2) is 0 Å². The lowest BCUT2D eigenvalue weighted by Crippen LogP contribution is -2.56. The fourth-order valence-electron chi connectivity index (χ4n) is 3.41. The average Bonchev–Trinajstić information content (AvgIpc) is 2.44. The molecule has 0 aliphatic heterocycles. The summed E-state index contributed by atoms with van der Waals surface area (Å²) in [4.78, 5) is 2.47. The van der Waals surface area contributed by atoms with Crippen molar-refractivity contribution in [1.29, 1.82) is 0 Å². The molecule has 0 saturated heterocycles. The average molecular weight is 269 g/mol. The van der Waals surface area contributed by atoms with Crippen LogP contribution < -0.4 is 11.1 Å².